The SMILES string of the molecule is CN(C)S(=O)(=O)CCCN1CCN(S(=O)(=O)c2cccc(Br)c2)CC1. The summed E-state index contributed by atoms with van der Waals surface area (Å²) in [6.07, 6.45) is 0.541. The van der Waals surface area contributed by atoms with Gasteiger partial charge in [-0.25, -0.2) is 21.1 Å². The first kappa shape index (κ1) is 20.8. The maximum Gasteiger partial charge on any atom is 0.243 e. The average molecular weight is 454 g/mol. The van der Waals surface area contributed by atoms with Crippen molar-refractivity contribution in [2.75, 3.05) is 52.6 Å². The highest BCUT2D eigenvalue weighted by atomic mass is 79.9. The number of sulfonamides is 2. The van der Waals surface area contributed by atoms with Gasteiger partial charge in [-0.05, 0) is 31.2 Å². The first-order chi connectivity index (χ1) is 11.6. The van der Waals surface area contributed by atoms with Gasteiger partial charge in [0.2, 0.25) is 20.0 Å². The van der Waals surface area contributed by atoms with Gasteiger partial charge in [0, 0.05) is 44.7 Å². The van der Waals surface area contributed by atoms with Gasteiger partial charge in [-0.2, -0.15) is 4.31 Å². The molecule has 1 aliphatic heterocycles. The Balaban J connectivity index is 1.87. The van der Waals surface area contributed by atoms with Crippen molar-refractivity contribution in [1.29, 1.82) is 0 Å². The van der Waals surface area contributed by atoms with Gasteiger partial charge in [0.1, 0.15) is 0 Å². The van der Waals surface area contributed by atoms with Gasteiger partial charge in [-0.15, -0.1) is 0 Å². The van der Waals surface area contributed by atoms with E-state index in [0.29, 0.717) is 39.1 Å². The molecule has 142 valence electrons. The van der Waals surface area contributed by atoms with Crippen LogP contribution in [0.2, 0.25) is 0 Å². The Bertz CT molecular complexity index is 789. The van der Waals surface area contributed by atoms with Crippen molar-refractivity contribution in [3.05, 3.63) is 28.7 Å². The van der Waals surface area contributed by atoms with Crippen molar-refractivity contribution in [3.8, 4) is 0 Å². The Morgan fingerprint density at radius 1 is 1.08 bits per heavy atom. The molecule has 0 bridgehead atoms. The van der Waals surface area contributed by atoms with Crippen LogP contribution in [0.1, 0.15) is 6.42 Å². The van der Waals surface area contributed by atoms with Crippen molar-refractivity contribution in [3.63, 3.8) is 0 Å². The second kappa shape index (κ2) is 8.45. The van der Waals surface area contributed by atoms with Crippen molar-refractivity contribution in [2.45, 2.75) is 11.3 Å². The lowest BCUT2D eigenvalue weighted by molar-refractivity contribution is 0.189. The van der Waals surface area contributed by atoms with E-state index < -0.39 is 20.0 Å². The standard InChI is InChI=1S/C15H24BrN3O4S2/c1-17(2)24(20,21)12-4-7-18-8-10-19(11-9-18)25(22,23)15-6-3-5-14(16)13-15/h3,5-6,13H,4,7-12H2,1-2H3. The van der Waals surface area contributed by atoms with Gasteiger partial charge in [0.15, 0.2) is 0 Å². The highest BCUT2D eigenvalue weighted by Gasteiger charge is 2.28. The zero-order valence-electron chi connectivity index (χ0n) is 14.4. The molecule has 7 nitrogen and oxygen atoms in total. The molecule has 0 unspecified atom stereocenters. The largest absolute Gasteiger partial charge is 0.301 e. The van der Waals surface area contributed by atoms with E-state index in [1.54, 1.807) is 24.3 Å². The fourth-order valence-corrected chi connectivity index (χ4v) is 5.50. The number of benzene rings is 1. The van der Waals surface area contributed by atoms with E-state index in [-0.39, 0.29) is 10.6 Å². The van der Waals surface area contributed by atoms with Crippen molar-refractivity contribution in [1.82, 2.24) is 13.5 Å². The molecule has 2 rings (SSSR count). The lowest BCUT2D eigenvalue weighted by atomic mass is 10.3. The van der Waals surface area contributed by atoms with Crippen LogP contribution < -0.4 is 0 Å². The monoisotopic (exact) mass is 453 g/mol. The van der Waals surface area contributed by atoms with Crippen LogP contribution in [0.3, 0.4) is 0 Å². The number of hydrogen-bond donors (Lipinski definition) is 0. The molecule has 0 amide bonds. The minimum atomic E-state index is -3.49. The molecule has 25 heavy (non-hydrogen) atoms. The maximum atomic E-state index is 12.7. The number of nitrogens with zero attached hydrogens (tertiary/aromatic N) is 3. The van der Waals surface area contributed by atoms with E-state index in [1.165, 1.54) is 22.7 Å². The Morgan fingerprint density at radius 2 is 1.72 bits per heavy atom. The topological polar surface area (TPSA) is 78.0 Å². The summed E-state index contributed by atoms with van der Waals surface area (Å²) in [4.78, 5) is 2.39. The fourth-order valence-electron chi connectivity index (χ4n) is 2.62. The van der Waals surface area contributed by atoms with Crippen LogP contribution >= 0.6 is 15.9 Å². The van der Waals surface area contributed by atoms with Gasteiger partial charge < -0.3 is 4.90 Å². The predicted octanol–water partition coefficient (Wildman–Crippen LogP) is 1.04. The first-order valence-electron chi connectivity index (χ1n) is 8.01. The highest BCUT2D eigenvalue weighted by molar-refractivity contribution is 9.10. The molecule has 0 spiro atoms. The van der Waals surface area contributed by atoms with Crippen LogP contribution in [-0.2, 0) is 20.0 Å². The molecule has 10 heteroatoms. The lowest BCUT2D eigenvalue weighted by Gasteiger charge is -2.34. The van der Waals surface area contributed by atoms with Crippen LogP contribution in [0.4, 0.5) is 0 Å². The zero-order chi connectivity index (χ0) is 18.7. The van der Waals surface area contributed by atoms with Crippen LogP contribution in [0, 0.1) is 0 Å². The number of rotatable bonds is 7. The van der Waals surface area contributed by atoms with Gasteiger partial charge in [-0.3, -0.25) is 0 Å². The van der Waals surface area contributed by atoms with Crippen LogP contribution in [-0.4, -0.2) is 82.9 Å². The Morgan fingerprint density at radius 3 is 2.28 bits per heavy atom. The average Bonchev–Trinajstić information content (AvgIpc) is 2.55. The molecular formula is C15H24BrN3O4S2. The molecule has 1 aromatic carbocycles. The third-order valence-corrected chi connectivity index (χ3v) is 8.50. The van der Waals surface area contributed by atoms with Crippen LogP contribution in [0.25, 0.3) is 0 Å². The minimum absolute atomic E-state index is 0.108. The second-order valence-corrected chi connectivity index (χ2v) is 11.3. The van der Waals surface area contributed by atoms with Crippen molar-refractivity contribution in [2.24, 2.45) is 0 Å². The molecule has 0 radical (unpaired) electrons. The molecular weight excluding hydrogens is 430 g/mol. The van der Waals surface area contributed by atoms with Gasteiger partial charge >= 0.3 is 0 Å². The molecule has 1 fully saturated rings. The third kappa shape index (κ3) is 5.48. The van der Waals surface area contributed by atoms with Crippen LogP contribution in [0.15, 0.2) is 33.6 Å². The summed E-state index contributed by atoms with van der Waals surface area (Å²) in [6.45, 7) is 2.69. The summed E-state index contributed by atoms with van der Waals surface area (Å²) in [7, 11) is -3.61. The number of hydrogen-bond acceptors (Lipinski definition) is 5. The van der Waals surface area contributed by atoms with Crippen molar-refractivity contribution < 1.29 is 16.8 Å². The smallest absolute Gasteiger partial charge is 0.243 e. The minimum Gasteiger partial charge on any atom is -0.301 e. The first-order valence-corrected chi connectivity index (χ1v) is 11.9. The van der Waals surface area contributed by atoms with E-state index in [2.05, 4.69) is 20.8 Å². The number of halogens is 1. The summed E-state index contributed by atoms with van der Waals surface area (Å²) in [5, 5.41) is 0. The van der Waals surface area contributed by atoms with Gasteiger partial charge in [-0.1, -0.05) is 22.0 Å². The van der Waals surface area contributed by atoms with E-state index in [0.717, 1.165) is 4.47 Å². The summed E-state index contributed by atoms with van der Waals surface area (Å²) in [6, 6.07) is 6.70. The van der Waals surface area contributed by atoms with Crippen LogP contribution in [0.5, 0.6) is 0 Å². The van der Waals surface area contributed by atoms with E-state index in [4.69, 9.17) is 0 Å². The van der Waals surface area contributed by atoms with E-state index in [9.17, 15) is 16.8 Å². The molecule has 1 saturated heterocycles. The van der Waals surface area contributed by atoms with Gasteiger partial charge in [0.05, 0.1) is 10.6 Å². The summed E-state index contributed by atoms with van der Waals surface area (Å²) < 4.78 is 52.3. The molecule has 1 aromatic rings. The Labute approximate surface area is 158 Å². The van der Waals surface area contributed by atoms with Gasteiger partial charge in [0.25, 0.3) is 0 Å². The maximum absolute atomic E-state index is 12.7. The summed E-state index contributed by atoms with van der Waals surface area (Å²) in [5.41, 5.74) is 0. The molecule has 0 aliphatic carbocycles. The van der Waals surface area contributed by atoms with E-state index >= 15 is 0 Å². The molecule has 0 aromatic heterocycles. The van der Waals surface area contributed by atoms with E-state index in [1.807, 2.05) is 0 Å². The Hall–Kier alpha value is -0.520. The molecule has 0 N–H and O–H groups in total. The van der Waals surface area contributed by atoms with Crippen molar-refractivity contribution >= 4 is 36.0 Å². The summed E-state index contributed by atoms with van der Waals surface area (Å²) in [5.74, 6) is 0.108. The fraction of sp³-hybridized carbons (Fsp3) is 0.600. The second-order valence-electron chi connectivity index (χ2n) is 6.16. The normalized spacial score (nSPS) is 17.9. The number of piperazine rings is 1. The highest BCUT2D eigenvalue weighted by Crippen LogP contribution is 2.21. The molecule has 0 saturated carbocycles. The lowest BCUT2D eigenvalue weighted by Crippen LogP contribution is -2.48. The zero-order valence-corrected chi connectivity index (χ0v) is 17.6. The quantitative estimate of drug-likeness (QED) is 0.615. The predicted molar refractivity (Wildman–Crippen MR) is 101 cm³/mol. The molecule has 0 atom stereocenters. The Kier molecular flexibility index (Phi) is 7.02. The molecule has 1 aliphatic rings. The molecule has 1 heterocycles. The summed E-state index contributed by atoms with van der Waals surface area (Å²) >= 11 is 3.30. The third-order valence-electron chi connectivity index (χ3n) is 4.20.